The highest BCUT2D eigenvalue weighted by molar-refractivity contribution is 5.79. The van der Waals surface area contributed by atoms with Crippen LogP contribution in [0.3, 0.4) is 0 Å². The van der Waals surface area contributed by atoms with E-state index in [1.165, 1.54) is 16.7 Å². The van der Waals surface area contributed by atoms with Gasteiger partial charge in [-0.3, -0.25) is 4.79 Å². The zero-order valence-electron chi connectivity index (χ0n) is 14.9. The number of rotatable bonds is 5. The van der Waals surface area contributed by atoms with Gasteiger partial charge in [0, 0.05) is 13.1 Å². The Labute approximate surface area is 149 Å². The Bertz CT molecular complexity index is 725. The molecule has 132 valence electrons. The summed E-state index contributed by atoms with van der Waals surface area (Å²) in [6.07, 6.45) is 0.420. The Kier molecular flexibility index (Phi) is 5.51. The van der Waals surface area contributed by atoms with Gasteiger partial charge in [0.05, 0.1) is 18.7 Å². The second-order valence-electron chi connectivity index (χ2n) is 6.83. The molecule has 1 aliphatic rings. The summed E-state index contributed by atoms with van der Waals surface area (Å²) in [6, 6.07) is 16.8. The monoisotopic (exact) mass is 338 g/mol. The van der Waals surface area contributed by atoms with E-state index >= 15 is 0 Å². The summed E-state index contributed by atoms with van der Waals surface area (Å²) in [5.74, 6) is 0.0701. The highest BCUT2D eigenvalue weighted by Gasteiger charge is 2.31. The highest BCUT2D eigenvalue weighted by atomic mass is 16.3. The number of nitrogens with one attached hydrogen (secondary N) is 1. The molecular weight excluding hydrogens is 312 g/mol. The average molecular weight is 338 g/mol. The maximum atomic E-state index is 12.8. The summed E-state index contributed by atoms with van der Waals surface area (Å²) in [5, 5.41) is 12.4. The predicted molar refractivity (Wildman–Crippen MR) is 99.4 cm³/mol. The Balaban J connectivity index is 1.89. The van der Waals surface area contributed by atoms with Crippen LogP contribution in [0.5, 0.6) is 0 Å². The zero-order valence-corrected chi connectivity index (χ0v) is 14.9. The molecule has 1 heterocycles. The van der Waals surface area contributed by atoms with E-state index in [-0.39, 0.29) is 18.5 Å². The molecule has 0 saturated carbocycles. The maximum Gasteiger partial charge on any atom is 0.237 e. The molecule has 4 nitrogen and oxygen atoms in total. The van der Waals surface area contributed by atoms with Gasteiger partial charge in [0.25, 0.3) is 0 Å². The summed E-state index contributed by atoms with van der Waals surface area (Å²) in [4.78, 5) is 14.8. The fourth-order valence-electron chi connectivity index (χ4n) is 3.43. The van der Waals surface area contributed by atoms with Crippen molar-refractivity contribution in [2.24, 2.45) is 0 Å². The number of aliphatic hydroxyl groups is 1. The first-order valence-electron chi connectivity index (χ1n) is 8.89. The van der Waals surface area contributed by atoms with Crippen molar-refractivity contribution in [2.75, 3.05) is 19.6 Å². The standard InChI is InChI=1S/C21H26N2O2/c1-15-7-9-18(10-8-15)21-19-6-4-3-5-17(19)11-12-23(21)20(25)14-22-13-16(2)24/h3-10,16,21-22,24H,11-14H2,1-2H3/t16-,21?/m1/s1. The minimum absolute atomic E-state index is 0.0496. The quantitative estimate of drug-likeness (QED) is 0.880. The van der Waals surface area contributed by atoms with Crippen molar-refractivity contribution in [3.63, 3.8) is 0 Å². The highest BCUT2D eigenvalue weighted by Crippen LogP contribution is 2.35. The van der Waals surface area contributed by atoms with Gasteiger partial charge in [-0.2, -0.15) is 0 Å². The van der Waals surface area contributed by atoms with E-state index in [1.54, 1.807) is 6.92 Å². The maximum absolute atomic E-state index is 12.8. The Morgan fingerprint density at radius 2 is 1.96 bits per heavy atom. The van der Waals surface area contributed by atoms with Gasteiger partial charge in [0.2, 0.25) is 5.91 Å². The predicted octanol–water partition coefficient (Wildman–Crippen LogP) is 2.44. The molecule has 0 fully saturated rings. The molecule has 0 radical (unpaired) electrons. The molecule has 0 bridgehead atoms. The van der Waals surface area contributed by atoms with E-state index < -0.39 is 6.10 Å². The number of hydrogen-bond donors (Lipinski definition) is 2. The Hall–Kier alpha value is -2.17. The van der Waals surface area contributed by atoms with Gasteiger partial charge in [0.1, 0.15) is 0 Å². The van der Waals surface area contributed by atoms with Crippen molar-refractivity contribution < 1.29 is 9.90 Å². The number of benzene rings is 2. The third-order valence-corrected chi connectivity index (χ3v) is 4.71. The smallest absolute Gasteiger partial charge is 0.237 e. The molecule has 2 atom stereocenters. The molecule has 1 unspecified atom stereocenters. The van der Waals surface area contributed by atoms with E-state index in [0.29, 0.717) is 13.1 Å². The number of carbonyl (C=O) groups is 1. The first kappa shape index (κ1) is 17.6. The number of fused-ring (bicyclic) bond motifs is 1. The molecule has 0 aromatic heterocycles. The minimum Gasteiger partial charge on any atom is -0.392 e. The van der Waals surface area contributed by atoms with Crippen LogP contribution in [0.15, 0.2) is 48.5 Å². The molecule has 2 N–H and O–H groups in total. The second-order valence-corrected chi connectivity index (χ2v) is 6.83. The Morgan fingerprint density at radius 1 is 1.24 bits per heavy atom. The van der Waals surface area contributed by atoms with E-state index in [4.69, 9.17) is 0 Å². The lowest BCUT2D eigenvalue weighted by Crippen LogP contribution is -2.45. The number of aryl methyl sites for hydroxylation is 1. The minimum atomic E-state index is -0.456. The van der Waals surface area contributed by atoms with E-state index in [0.717, 1.165) is 12.0 Å². The van der Waals surface area contributed by atoms with Crippen LogP contribution >= 0.6 is 0 Å². The third-order valence-electron chi connectivity index (χ3n) is 4.71. The summed E-state index contributed by atoms with van der Waals surface area (Å²) in [6.45, 7) is 5.16. The van der Waals surface area contributed by atoms with Gasteiger partial charge in [-0.15, -0.1) is 0 Å². The van der Waals surface area contributed by atoms with Crippen molar-refractivity contribution in [3.05, 3.63) is 70.8 Å². The first-order chi connectivity index (χ1) is 12.1. The largest absolute Gasteiger partial charge is 0.392 e. The number of carbonyl (C=O) groups excluding carboxylic acids is 1. The molecule has 2 aromatic carbocycles. The Morgan fingerprint density at radius 3 is 2.68 bits per heavy atom. The fraction of sp³-hybridized carbons (Fsp3) is 0.381. The average Bonchev–Trinajstić information content (AvgIpc) is 2.61. The van der Waals surface area contributed by atoms with Crippen LogP contribution in [-0.4, -0.2) is 41.7 Å². The summed E-state index contributed by atoms with van der Waals surface area (Å²) in [7, 11) is 0. The van der Waals surface area contributed by atoms with Crippen molar-refractivity contribution >= 4 is 5.91 Å². The van der Waals surface area contributed by atoms with Crippen LogP contribution in [0.1, 0.15) is 35.2 Å². The SMILES string of the molecule is Cc1ccc(C2c3ccccc3CCN2C(=O)CNC[C@@H](C)O)cc1. The lowest BCUT2D eigenvalue weighted by Gasteiger charge is -2.38. The van der Waals surface area contributed by atoms with Crippen LogP contribution in [0, 0.1) is 6.92 Å². The fourth-order valence-corrected chi connectivity index (χ4v) is 3.43. The topological polar surface area (TPSA) is 52.6 Å². The number of amides is 1. The van der Waals surface area contributed by atoms with Gasteiger partial charge in [-0.25, -0.2) is 0 Å². The molecule has 0 saturated heterocycles. The molecule has 3 rings (SSSR count). The van der Waals surface area contributed by atoms with Crippen molar-refractivity contribution in [2.45, 2.75) is 32.4 Å². The number of hydrogen-bond acceptors (Lipinski definition) is 3. The number of aliphatic hydroxyl groups excluding tert-OH is 1. The summed E-state index contributed by atoms with van der Waals surface area (Å²) < 4.78 is 0. The van der Waals surface area contributed by atoms with Crippen LogP contribution in [-0.2, 0) is 11.2 Å². The van der Waals surface area contributed by atoms with E-state index in [1.807, 2.05) is 11.0 Å². The lowest BCUT2D eigenvalue weighted by atomic mass is 9.88. The second kappa shape index (κ2) is 7.81. The third kappa shape index (κ3) is 4.09. The van der Waals surface area contributed by atoms with Crippen LogP contribution in [0.2, 0.25) is 0 Å². The van der Waals surface area contributed by atoms with E-state index in [9.17, 15) is 9.90 Å². The van der Waals surface area contributed by atoms with E-state index in [2.05, 4.69) is 54.7 Å². The molecule has 25 heavy (non-hydrogen) atoms. The van der Waals surface area contributed by atoms with Crippen molar-refractivity contribution in [1.29, 1.82) is 0 Å². The molecule has 0 aliphatic carbocycles. The molecular formula is C21H26N2O2. The molecule has 4 heteroatoms. The zero-order chi connectivity index (χ0) is 17.8. The summed E-state index contributed by atoms with van der Waals surface area (Å²) in [5.41, 5.74) is 4.88. The van der Waals surface area contributed by atoms with Gasteiger partial charge in [-0.1, -0.05) is 54.1 Å². The van der Waals surface area contributed by atoms with Crippen molar-refractivity contribution in [3.8, 4) is 0 Å². The number of nitrogens with zero attached hydrogens (tertiary/aromatic N) is 1. The lowest BCUT2D eigenvalue weighted by molar-refractivity contribution is -0.132. The van der Waals surface area contributed by atoms with Gasteiger partial charge >= 0.3 is 0 Å². The normalized spacial score (nSPS) is 17.9. The first-order valence-corrected chi connectivity index (χ1v) is 8.89. The summed E-state index contributed by atoms with van der Waals surface area (Å²) >= 11 is 0. The van der Waals surface area contributed by atoms with Gasteiger partial charge in [0.15, 0.2) is 0 Å². The van der Waals surface area contributed by atoms with Gasteiger partial charge < -0.3 is 15.3 Å². The molecule has 0 spiro atoms. The van der Waals surface area contributed by atoms with Crippen LogP contribution in [0.4, 0.5) is 0 Å². The van der Waals surface area contributed by atoms with Crippen LogP contribution in [0.25, 0.3) is 0 Å². The van der Waals surface area contributed by atoms with Gasteiger partial charge in [-0.05, 0) is 37.0 Å². The molecule has 1 aliphatic heterocycles. The molecule has 1 amide bonds. The molecule has 2 aromatic rings. The van der Waals surface area contributed by atoms with Crippen molar-refractivity contribution in [1.82, 2.24) is 10.2 Å². The van der Waals surface area contributed by atoms with Crippen LogP contribution < -0.4 is 5.32 Å².